The summed E-state index contributed by atoms with van der Waals surface area (Å²) in [5.74, 6) is 0. The fourth-order valence-electron chi connectivity index (χ4n) is 0.989. The lowest BCUT2D eigenvalue weighted by Crippen LogP contribution is -2.39. The second-order valence-corrected chi connectivity index (χ2v) is 2.48. The van der Waals surface area contributed by atoms with Crippen LogP contribution in [0.3, 0.4) is 0 Å². The molecule has 1 aliphatic rings. The molecule has 3 atom stereocenters. The molecule has 4 heteroatoms. The van der Waals surface area contributed by atoms with Gasteiger partial charge in [0.1, 0.15) is 6.10 Å². The summed E-state index contributed by atoms with van der Waals surface area (Å²) in [6, 6.07) is 0. The first-order chi connectivity index (χ1) is 4.74. The first-order valence-corrected chi connectivity index (χ1v) is 3.36. The van der Waals surface area contributed by atoms with E-state index in [0.717, 1.165) is 0 Å². The van der Waals surface area contributed by atoms with Gasteiger partial charge in [-0.3, -0.25) is 0 Å². The van der Waals surface area contributed by atoms with E-state index in [9.17, 15) is 0 Å². The maximum Gasteiger partial charge on any atom is 0.181 e. The Morgan fingerprint density at radius 3 is 2.50 bits per heavy atom. The molecule has 0 radical (unpaired) electrons. The minimum Gasteiger partial charge on any atom is -0.394 e. The van der Waals surface area contributed by atoms with Gasteiger partial charge in [0, 0.05) is 0 Å². The predicted octanol–water partition coefficient (Wildman–Crippen LogP) is -1.16. The Kier molecular flexibility index (Phi) is 2.62. The second kappa shape index (κ2) is 3.30. The van der Waals surface area contributed by atoms with Gasteiger partial charge >= 0.3 is 0 Å². The highest BCUT2D eigenvalue weighted by Crippen LogP contribution is 2.17. The van der Waals surface area contributed by atoms with Gasteiger partial charge in [-0.2, -0.15) is 0 Å². The molecule has 1 rings (SSSR count). The molecule has 1 saturated heterocycles. The van der Waals surface area contributed by atoms with Crippen LogP contribution < -0.4 is 0 Å². The summed E-state index contributed by atoms with van der Waals surface area (Å²) in [5, 5.41) is 26.4. The molecule has 60 valence electrons. The standard InChI is InChI=1S/C6H12O4/c7-3-4-1-2-5(8)6(9)10-4/h4-9H,1-3H2/t4?,5-,6+/m1/s1. The van der Waals surface area contributed by atoms with Gasteiger partial charge < -0.3 is 20.1 Å². The van der Waals surface area contributed by atoms with Crippen LogP contribution in [0.1, 0.15) is 12.8 Å². The minimum absolute atomic E-state index is 0.0935. The van der Waals surface area contributed by atoms with E-state index in [4.69, 9.17) is 20.1 Å². The van der Waals surface area contributed by atoms with Crippen molar-refractivity contribution in [2.45, 2.75) is 31.3 Å². The summed E-state index contributed by atoms with van der Waals surface area (Å²) in [7, 11) is 0. The summed E-state index contributed by atoms with van der Waals surface area (Å²) in [4.78, 5) is 0. The van der Waals surface area contributed by atoms with E-state index in [1.54, 1.807) is 0 Å². The molecule has 3 N–H and O–H groups in total. The third-order valence-electron chi connectivity index (χ3n) is 1.65. The molecule has 4 nitrogen and oxygen atoms in total. The highest BCUT2D eigenvalue weighted by molar-refractivity contribution is 4.70. The van der Waals surface area contributed by atoms with E-state index in [1.165, 1.54) is 0 Å². The van der Waals surface area contributed by atoms with Crippen LogP contribution in [0.4, 0.5) is 0 Å². The lowest BCUT2D eigenvalue weighted by molar-refractivity contribution is -0.221. The van der Waals surface area contributed by atoms with Gasteiger partial charge in [-0.1, -0.05) is 0 Å². The molecule has 1 unspecified atom stereocenters. The molecule has 1 heterocycles. The third-order valence-corrected chi connectivity index (χ3v) is 1.65. The Morgan fingerprint density at radius 2 is 2.00 bits per heavy atom. The van der Waals surface area contributed by atoms with E-state index in [1.807, 2.05) is 0 Å². The smallest absolute Gasteiger partial charge is 0.181 e. The lowest BCUT2D eigenvalue weighted by atomic mass is 10.1. The molecule has 0 saturated carbocycles. The fraction of sp³-hybridized carbons (Fsp3) is 1.00. The number of aliphatic hydroxyl groups excluding tert-OH is 3. The Balaban J connectivity index is 2.33. The van der Waals surface area contributed by atoms with Gasteiger partial charge in [0.2, 0.25) is 0 Å². The maximum absolute atomic E-state index is 8.93. The molecule has 1 fully saturated rings. The Hall–Kier alpha value is -0.160. The van der Waals surface area contributed by atoms with E-state index >= 15 is 0 Å². The number of rotatable bonds is 1. The zero-order chi connectivity index (χ0) is 7.56. The van der Waals surface area contributed by atoms with Crippen LogP contribution >= 0.6 is 0 Å². The average Bonchev–Trinajstić information content (AvgIpc) is 1.95. The monoisotopic (exact) mass is 148 g/mol. The first kappa shape index (κ1) is 7.94. The van der Waals surface area contributed by atoms with E-state index in [2.05, 4.69) is 0 Å². The quantitative estimate of drug-likeness (QED) is 0.438. The van der Waals surface area contributed by atoms with Crippen molar-refractivity contribution < 1.29 is 20.1 Å². The van der Waals surface area contributed by atoms with E-state index in [-0.39, 0.29) is 12.7 Å². The molecule has 0 amide bonds. The number of hydrogen-bond donors (Lipinski definition) is 3. The first-order valence-electron chi connectivity index (χ1n) is 3.36. The molecule has 10 heavy (non-hydrogen) atoms. The largest absolute Gasteiger partial charge is 0.394 e. The molecular weight excluding hydrogens is 136 g/mol. The van der Waals surface area contributed by atoms with Crippen molar-refractivity contribution in [3.8, 4) is 0 Å². The zero-order valence-electron chi connectivity index (χ0n) is 5.60. The van der Waals surface area contributed by atoms with Gasteiger partial charge in [0.25, 0.3) is 0 Å². The van der Waals surface area contributed by atoms with Gasteiger partial charge in [-0.15, -0.1) is 0 Å². The summed E-state index contributed by atoms with van der Waals surface area (Å²) in [6.07, 6.45) is -1.12. The van der Waals surface area contributed by atoms with Crippen LogP contribution in [0.25, 0.3) is 0 Å². The Labute approximate surface area is 59.1 Å². The zero-order valence-corrected chi connectivity index (χ0v) is 5.60. The fourth-order valence-corrected chi connectivity index (χ4v) is 0.989. The van der Waals surface area contributed by atoms with Gasteiger partial charge in [-0.05, 0) is 12.8 Å². The van der Waals surface area contributed by atoms with Gasteiger partial charge in [0.05, 0.1) is 12.7 Å². The summed E-state index contributed by atoms with van der Waals surface area (Å²) in [6.45, 7) is -0.0935. The van der Waals surface area contributed by atoms with Crippen LogP contribution in [-0.2, 0) is 4.74 Å². The molecule has 0 aliphatic carbocycles. The Morgan fingerprint density at radius 1 is 1.30 bits per heavy atom. The molecule has 0 aromatic heterocycles. The second-order valence-electron chi connectivity index (χ2n) is 2.48. The van der Waals surface area contributed by atoms with Crippen LogP contribution in [-0.4, -0.2) is 40.4 Å². The number of aliphatic hydroxyl groups is 3. The van der Waals surface area contributed by atoms with Gasteiger partial charge in [0.15, 0.2) is 6.29 Å². The summed E-state index contributed by atoms with van der Waals surface area (Å²) in [5.41, 5.74) is 0. The van der Waals surface area contributed by atoms with Gasteiger partial charge in [-0.25, -0.2) is 0 Å². The van der Waals surface area contributed by atoms with Crippen molar-refractivity contribution in [2.24, 2.45) is 0 Å². The predicted molar refractivity (Wildman–Crippen MR) is 33.2 cm³/mol. The maximum atomic E-state index is 8.93. The average molecular weight is 148 g/mol. The Bertz CT molecular complexity index is 106. The molecular formula is C6H12O4. The van der Waals surface area contributed by atoms with E-state index in [0.29, 0.717) is 12.8 Å². The molecule has 1 aliphatic heterocycles. The molecule has 0 aromatic carbocycles. The summed E-state index contributed by atoms with van der Waals surface area (Å²) >= 11 is 0. The van der Waals surface area contributed by atoms with Crippen molar-refractivity contribution in [1.82, 2.24) is 0 Å². The lowest BCUT2D eigenvalue weighted by Gasteiger charge is -2.29. The summed E-state index contributed by atoms with van der Waals surface area (Å²) < 4.78 is 4.80. The van der Waals surface area contributed by atoms with Crippen molar-refractivity contribution in [2.75, 3.05) is 6.61 Å². The van der Waals surface area contributed by atoms with Crippen molar-refractivity contribution in [3.63, 3.8) is 0 Å². The van der Waals surface area contributed by atoms with E-state index < -0.39 is 12.4 Å². The van der Waals surface area contributed by atoms with Crippen LogP contribution in [0.2, 0.25) is 0 Å². The highest BCUT2D eigenvalue weighted by atomic mass is 16.6. The van der Waals surface area contributed by atoms with Crippen LogP contribution in [0.5, 0.6) is 0 Å². The number of ether oxygens (including phenoxy) is 1. The SMILES string of the molecule is OCC1CC[C@@H](O)[C@@H](O)O1. The molecule has 0 aromatic rings. The van der Waals surface area contributed by atoms with Crippen LogP contribution in [0, 0.1) is 0 Å². The van der Waals surface area contributed by atoms with Crippen LogP contribution in [0.15, 0.2) is 0 Å². The topological polar surface area (TPSA) is 69.9 Å². The highest BCUT2D eigenvalue weighted by Gasteiger charge is 2.27. The molecule has 0 spiro atoms. The van der Waals surface area contributed by atoms with Crippen molar-refractivity contribution in [1.29, 1.82) is 0 Å². The molecule has 0 bridgehead atoms. The third kappa shape index (κ3) is 1.67. The van der Waals surface area contributed by atoms with Crippen molar-refractivity contribution >= 4 is 0 Å². The normalized spacial score (nSPS) is 41.7. The number of hydrogen-bond acceptors (Lipinski definition) is 4. The minimum atomic E-state index is -1.12. The van der Waals surface area contributed by atoms with Crippen molar-refractivity contribution in [3.05, 3.63) is 0 Å².